The summed E-state index contributed by atoms with van der Waals surface area (Å²) in [7, 11) is 4.89. The van der Waals surface area contributed by atoms with Gasteiger partial charge in [-0.3, -0.25) is 19.3 Å². The number of hydrogen-bond acceptors (Lipinski definition) is 6. The Morgan fingerprint density at radius 1 is 0.854 bits per heavy atom. The summed E-state index contributed by atoms with van der Waals surface area (Å²) in [4.78, 5) is 44.3. The summed E-state index contributed by atoms with van der Waals surface area (Å²) in [6, 6.07) is 28.3. The molecule has 1 aromatic heterocycles. The minimum Gasteiger partial charge on any atom is -0.493 e. The van der Waals surface area contributed by atoms with E-state index in [1.54, 1.807) is 57.7 Å². The van der Waals surface area contributed by atoms with Crippen LogP contribution in [-0.2, 0) is 26.4 Å². The number of anilines is 1. The van der Waals surface area contributed by atoms with Gasteiger partial charge < -0.3 is 24.3 Å². The van der Waals surface area contributed by atoms with Crippen LogP contribution in [0.15, 0.2) is 101 Å². The van der Waals surface area contributed by atoms with Crippen molar-refractivity contribution in [2.24, 2.45) is 7.05 Å². The maximum Gasteiger partial charge on any atom is 0.274 e. The van der Waals surface area contributed by atoms with Gasteiger partial charge in [0.2, 0.25) is 0 Å². The van der Waals surface area contributed by atoms with E-state index in [0.717, 1.165) is 49.5 Å². The van der Waals surface area contributed by atoms with Gasteiger partial charge in [-0.25, -0.2) is 0 Å². The van der Waals surface area contributed by atoms with Crippen LogP contribution in [0.5, 0.6) is 11.5 Å². The van der Waals surface area contributed by atoms with Crippen molar-refractivity contribution in [3.63, 3.8) is 0 Å². The van der Waals surface area contributed by atoms with Gasteiger partial charge in [0.15, 0.2) is 11.5 Å². The predicted octanol–water partition coefficient (Wildman–Crippen LogP) is 3.60. The van der Waals surface area contributed by atoms with E-state index in [-0.39, 0.29) is 27.7 Å². The molecule has 0 aliphatic carbocycles. The van der Waals surface area contributed by atoms with Crippen molar-refractivity contribution in [3.8, 4) is 11.5 Å². The molecule has 0 atom stereocenters. The van der Waals surface area contributed by atoms with Crippen molar-refractivity contribution in [1.82, 2.24) is 14.5 Å². The molecule has 5 aromatic rings. The zero-order chi connectivity index (χ0) is 33.6. The summed E-state index contributed by atoms with van der Waals surface area (Å²) in [6.07, 6.45) is 5.11. The fourth-order valence-electron chi connectivity index (χ4n) is 5.96. The highest BCUT2D eigenvalue weighted by atomic mass is 16.5. The number of benzene rings is 4. The number of ether oxygens (including phenoxy) is 2. The van der Waals surface area contributed by atoms with Gasteiger partial charge in [-0.15, -0.1) is 0 Å². The lowest BCUT2D eigenvalue weighted by molar-refractivity contribution is 0.102. The molecule has 9 nitrogen and oxygen atoms in total. The summed E-state index contributed by atoms with van der Waals surface area (Å²) in [5, 5.41) is 3.35. The van der Waals surface area contributed by atoms with E-state index in [2.05, 4.69) is 27.3 Å². The number of methoxy groups -OCH3 is 2. The van der Waals surface area contributed by atoms with Gasteiger partial charge in [0.25, 0.3) is 17.0 Å². The van der Waals surface area contributed by atoms with E-state index in [0.29, 0.717) is 16.8 Å². The van der Waals surface area contributed by atoms with Crippen molar-refractivity contribution >= 4 is 23.7 Å². The number of hydrogen-bond donors (Lipinski definition) is 2. The number of amides is 1. The van der Waals surface area contributed by atoms with Gasteiger partial charge in [-0.2, -0.15) is 0 Å². The lowest BCUT2D eigenvalue weighted by atomic mass is 9.98. The Kier molecular flexibility index (Phi) is 9.68. The van der Waals surface area contributed by atoms with Crippen LogP contribution in [0, 0.1) is 0 Å². The average Bonchev–Trinajstić information content (AvgIpc) is 3.11. The van der Waals surface area contributed by atoms with Gasteiger partial charge in [0, 0.05) is 37.9 Å². The molecule has 0 spiro atoms. The molecule has 244 valence electrons. The Bertz CT molecular complexity index is 2190. The largest absolute Gasteiger partial charge is 0.493 e. The first-order valence-electron chi connectivity index (χ1n) is 15.9. The number of nitrogens with one attached hydrogen (secondary N) is 2. The van der Waals surface area contributed by atoms with E-state index in [1.165, 1.54) is 21.3 Å². The second-order valence-electron chi connectivity index (χ2n) is 11.8. The van der Waals surface area contributed by atoms with Crippen LogP contribution < -0.4 is 36.6 Å². The third-order valence-corrected chi connectivity index (χ3v) is 8.67. The predicted molar refractivity (Wildman–Crippen MR) is 188 cm³/mol. The molecule has 1 amide bonds. The molecule has 0 saturated heterocycles. The van der Waals surface area contributed by atoms with Crippen molar-refractivity contribution in [3.05, 3.63) is 156 Å². The van der Waals surface area contributed by atoms with Crippen LogP contribution >= 0.6 is 0 Å². The van der Waals surface area contributed by atoms with Crippen LogP contribution in [0.2, 0.25) is 0 Å². The Morgan fingerprint density at radius 3 is 2.29 bits per heavy atom. The number of rotatable bonds is 9. The molecule has 9 heteroatoms. The molecule has 2 heterocycles. The van der Waals surface area contributed by atoms with E-state index >= 15 is 0 Å². The first-order valence-corrected chi connectivity index (χ1v) is 15.9. The van der Waals surface area contributed by atoms with Crippen molar-refractivity contribution in [2.75, 3.05) is 32.6 Å². The number of carbonyl (C=O) groups is 1. The number of carbonyl (C=O) groups excluding carboxylic acids is 1. The number of nitrogens with zero attached hydrogens (tertiary/aromatic N) is 2. The molecular formula is C39H38N4O5. The quantitative estimate of drug-likeness (QED) is 0.255. The third-order valence-electron chi connectivity index (χ3n) is 8.67. The van der Waals surface area contributed by atoms with E-state index < -0.39 is 0 Å². The van der Waals surface area contributed by atoms with E-state index in [4.69, 9.17) is 9.47 Å². The van der Waals surface area contributed by atoms with Crippen molar-refractivity contribution in [1.29, 1.82) is 0 Å². The van der Waals surface area contributed by atoms with Crippen LogP contribution in [0.25, 0.3) is 12.2 Å². The minimum absolute atomic E-state index is 0.134. The fourth-order valence-corrected chi connectivity index (χ4v) is 5.96. The number of fused-ring (bicyclic) bond motifs is 1. The second-order valence-corrected chi connectivity index (χ2v) is 11.8. The van der Waals surface area contributed by atoms with E-state index in [1.807, 2.05) is 54.6 Å². The lowest BCUT2D eigenvalue weighted by Gasteiger charge is -2.29. The monoisotopic (exact) mass is 642 g/mol. The van der Waals surface area contributed by atoms with Crippen LogP contribution in [-0.4, -0.2) is 47.7 Å². The van der Waals surface area contributed by atoms with Gasteiger partial charge in [0.05, 0.1) is 14.2 Å². The van der Waals surface area contributed by atoms with Crippen LogP contribution in [0.1, 0.15) is 38.2 Å². The third kappa shape index (κ3) is 7.32. The molecule has 6 rings (SSSR count). The molecule has 1 aliphatic heterocycles. The summed E-state index contributed by atoms with van der Waals surface area (Å²) in [5.74, 6) is 1.25. The summed E-state index contributed by atoms with van der Waals surface area (Å²) >= 11 is 0. The first-order chi connectivity index (χ1) is 23.3. The van der Waals surface area contributed by atoms with Crippen LogP contribution in [0.3, 0.4) is 0 Å². The number of aromatic nitrogens is 2. The van der Waals surface area contributed by atoms with Crippen molar-refractivity contribution in [2.45, 2.75) is 19.4 Å². The highest BCUT2D eigenvalue weighted by Gasteiger charge is 2.19. The second kappa shape index (κ2) is 14.4. The Balaban J connectivity index is 1.10. The van der Waals surface area contributed by atoms with Gasteiger partial charge in [-0.1, -0.05) is 54.6 Å². The first kappa shape index (κ1) is 32.3. The summed E-state index contributed by atoms with van der Waals surface area (Å²) < 4.78 is 12.3. The Hall–Kier alpha value is -5.67. The topological polar surface area (TPSA) is 106 Å². The van der Waals surface area contributed by atoms with Gasteiger partial charge in [-0.05, 0) is 89.2 Å². The lowest BCUT2D eigenvalue weighted by Crippen LogP contribution is -2.52. The SMILES string of the molecule is COc1cc2c(cc1OC)CN(CCc1ccc(NC(=O)c3cccc(C=c4[nH]c(=O)/c(=C/c5ccccc5)n(C)c4=O)c3)cc1)CC2. The molecule has 4 aromatic carbocycles. The molecule has 0 fully saturated rings. The molecule has 48 heavy (non-hydrogen) atoms. The molecule has 0 unspecified atom stereocenters. The zero-order valence-electron chi connectivity index (χ0n) is 27.3. The summed E-state index contributed by atoms with van der Waals surface area (Å²) in [5.41, 5.74) is 5.58. The van der Waals surface area contributed by atoms with Crippen LogP contribution in [0.4, 0.5) is 5.69 Å². The average molecular weight is 643 g/mol. The fraction of sp³-hybridized carbons (Fsp3) is 0.205. The molecule has 0 radical (unpaired) electrons. The number of aromatic amines is 1. The maximum absolute atomic E-state index is 13.1. The molecule has 0 bridgehead atoms. The molecular weight excluding hydrogens is 604 g/mol. The number of H-pyrrole nitrogens is 1. The minimum atomic E-state index is -0.382. The molecule has 2 N–H and O–H groups in total. The van der Waals surface area contributed by atoms with E-state index in [9.17, 15) is 14.4 Å². The maximum atomic E-state index is 13.1. The summed E-state index contributed by atoms with van der Waals surface area (Å²) in [6.45, 7) is 2.77. The molecule has 0 saturated carbocycles. The Labute approximate surface area is 278 Å². The smallest absolute Gasteiger partial charge is 0.274 e. The Morgan fingerprint density at radius 2 is 1.56 bits per heavy atom. The highest BCUT2D eigenvalue weighted by Crippen LogP contribution is 2.33. The highest BCUT2D eigenvalue weighted by molar-refractivity contribution is 6.04. The van der Waals surface area contributed by atoms with Crippen molar-refractivity contribution < 1.29 is 14.3 Å². The standard InChI is InChI=1S/C39H38N4O5/c1-42-34(22-27-8-5-4-6-9-27)38(45)41-33(39(42)46)21-28-10-7-11-30(20-28)37(44)40-32-14-12-26(13-15-32)16-18-43-19-17-29-23-35(47-2)36(48-3)24-31(29)25-43/h4-15,20-24H,16-19,25H2,1-3H3,(H,40,44)(H,41,45)/b33-21?,34-22-. The normalized spacial score (nSPS) is 13.6. The zero-order valence-corrected chi connectivity index (χ0v) is 27.3. The van der Waals surface area contributed by atoms with Gasteiger partial charge in [0.1, 0.15) is 10.7 Å². The molecule has 1 aliphatic rings. The van der Waals surface area contributed by atoms with Gasteiger partial charge >= 0.3 is 0 Å².